The molecule has 0 amide bonds. The van der Waals surface area contributed by atoms with E-state index in [1.54, 1.807) is 6.07 Å². The van der Waals surface area contributed by atoms with Gasteiger partial charge in [-0.1, -0.05) is 129 Å². The van der Waals surface area contributed by atoms with E-state index in [0.717, 1.165) is 96.2 Å². The van der Waals surface area contributed by atoms with Gasteiger partial charge in [0.05, 0.1) is 32.0 Å². The summed E-state index contributed by atoms with van der Waals surface area (Å²) in [6.45, 7) is 6.72. The Morgan fingerprint density at radius 1 is 0.500 bits per heavy atom. The zero-order valence-electron chi connectivity index (χ0n) is 30.9. The number of carbonyl (C=O) groups excluding carboxylic acids is 3. The molecule has 0 fully saturated rings. The summed E-state index contributed by atoms with van der Waals surface area (Å²) >= 11 is 0. The van der Waals surface area contributed by atoms with Crippen LogP contribution in [0.1, 0.15) is 191 Å². The average Bonchev–Trinajstić information content (AvgIpc) is 3.09. The Labute approximate surface area is 293 Å². The van der Waals surface area contributed by atoms with Crippen LogP contribution >= 0.6 is 0 Å². The van der Waals surface area contributed by atoms with Crippen LogP contribution in [-0.2, 0) is 19.1 Å². The van der Waals surface area contributed by atoms with Gasteiger partial charge in [-0.25, -0.2) is 0 Å². The van der Waals surface area contributed by atoms with E-state index < -0.39 is 0 Å². The van der Waals surface area contributed by atoms with Gasteiger partial charge >= 0.3 is 11.9 Å². The first-order valence-electron chi connectivity index (χ1n) is 19.8. The van der Waals surface area contributed by atoms with E-state index in [1.165, 1.54) is 64.2 Å². The Hall–Kier alpha value is -2.57. The van der Waals surface area contributed by atoms with Crippen molar-refractivity contribution in [2.24, 2.45) is 0 Å². The molecule has 0 aliphatic heterocycles. The van der Waals surface area contributed by atoms with Crippen LogP contribution in [0.4, 0.5) is 0 Å². The third-order valence-corrected chi connectivity index (χ3v) is 8.71. The van der Waals surface area contributed by atoms with Crippen molar-refractivity contribution < 1.29 is 33.3 Å². The molecule has 0 unspecified atom stereocenters. The smallest absolute Gasteiger partial charge is 0.305 e. The predicted octanol–water partition coefficient (Wildman–Crippen LogP) is 11.5. The molecule has 7 heteroatoms. The maximum atomic E-state index is 11.9. The minimum absolute atomic E-state index is 0.0672. The topological polar surface area (TPSA) is 88.1 Å². The molecule has 0 radical (unpaired) electrons. The van der Waals surface area contributed by atoms with Gasteiger partial charge in [-0.3, -0.25) is 14.4 Å². The molecule has 0 aliphatic carbocycles. The third-order valence-electron chi connectivity index (χ3n) is 8.71. The fraction of sp³-hybridized carbons (Fsp3) is 0.780. The first-order chi connectivity index (χ1) is 23.6. The van der Waals surface area contributed by atoms with E-state index in [-0.39, 0.29) is 11.9 Å². The first kappa shape index (κ1) is 43.5. The van der Waals surface area contributed by atoms with Crippen LogP contribution in [0.25, 0.3) is 0 Å². The number of hydrogen-bond acceptors (Lipinski definition) is 7. The molecule has 0 N–H and O–H groups in total. The van der Waals surface area contributed by atoms with Crippen molar-refractivity contribution in [2.75, 3.05) is 26.4 Å². The molecule has 276 valence electrons. The Morgan fingerprint density at radius 3 is 1.35 bits per heavy atom. The van der Waals surface area contributed by atoms with Gasteiger partial charge in [0.15, 0.2) is 6.29 Å². The summed E-state index contributed by atoms with van der Waals surface area (Å²) in [6, 6.07) is 5.41. The molecule has 0 bridgehead atoms. The van der Waals surface area contributed by atoms with E-state index in [9.17, 15) is 14.4 Å². The standard InChI is InChI=1S/C41H70O7/c1-3-5-7-9-11-17-25-33-47-40(43)27-21-15-13-19-23-31-45-38-29-30-39(37(35-38)36-42)46-32-24-20-14-16-22-28-41(44)48-34-26-18-12-10-8-6-4-2/h29-30,35-36H,3-28,31-34H2,1-2H3. The number of rotatable bonds is 35. The SMILES string of the molecule is CCCCCCCCCOC(=O)CCCCCCCOc1ccc(OCCCCCCCC(=O)OCCCCCCCCC)c(C=O)c1. The van der Waals surface area contributed by atoms with Crippen molar-refractivity contribution in [3.8, 4) is 11.5 Å². The molecule has 0 atom stereocenters. The highest BCUT2D eigenvalue weighted by molar-refractivity contribution is 5.80. The Balaban J connectivity index is 2.00. The van der Waals surface area contributed by atoms with Gasteiger partial charge in [0.1, 0.15) is 11.5 Å². The summed E-state index contributed by atoms with van der Waals surface area (Å²) in [5.74, 6) is 1.12. The summed E-state index contributed by atoms with van der Waals surface area (Å²) in [5, 5.41) is 0. The number of ether oxygens (including phenoxy) is 4. The molecule has 0 saturated heterocycles. The second kappa shape index (κ2) is 33.0. The minimum atomic E-state index is -0.0715. The molecule has 0 aliphatic rings. The van der Waals surface area contributed by atoms with Gasteiger partial charge in [0.2, 0.25) is 0 Å². The summed E-state index contributed by atoms with van der Waals surface area (Å²) in [6.07, 6.45) is 28.7. The van der Waals surface area contributed by atoms with Gasteiger partial charge < -0.3 is 18.9 Å². The maximum Gasteiger partial charge on any atom is 0.305 e. The van der Waals surface area contributed by atoms with Gasteiger partial charge in [-0.15, -0.1) is 0 Å². The molecule has 48 heavy (non-hydrogen) atoms. The summed E-state index contributed by atoms with van der Waals surface area (Å²) in [5.41, 5.74) is 0.501. The quantitative estimate of drug-likeness (QED) is 0.0402. The molecule has 1 rings (SSSR count). The van der Waals surface area contributed by atoms with Crippen molar-refractivity contribution in [3.63, 3.8) is 0 Å². The first-order valence-corrected chi connectivity index (χ1v) is 19.8. The summed E-state index contributed by atoms with van der Waals surface area (Å²) in [7, 11) is 0. The average molecular weight is 675 g/mol. The lowest BCUT2D eigenvalue weighted by Gasteiger charge is -2.11. The normalized spacial score (nSPS) is 11.0. The lowest BCUT2D eigenvalue weighted by Crippen LogP contribution is -2.05. The van der Waals surface area contributed by atoms with Crippen LogP contribution < -0.4 is 9.47 Å². The van der Waals surface area contributed by atoms with Gasteiger partial charge in [0, 0.05) is 12.8 Å². The van der Waals surface area contributed by atoms with Crippen LogP contribution in [0.3, 0.4) is 0 Å². The minimum Gasteiger partial charge on any atom is -0.494 e. The second-order valence-corrected chi connectivity index (χ2v) is 13.2. The third kappa shape index (κ3) is 26.4. The Bertz CT molecular complexity index is 916. The van der Waals surface area contributed by atoms with Gasteiger partial charge in [-0.2, -0.15) is 0 Å². The number of hydrogen-bond donors (Lipinski definition) is 0. The molecule has 0 spiro atoms. The van der Waals surface area contributed by atoms with Crippen molar-refractivity contribution >= 4 is 18.2 Å². The number of carbonyl (C=O) groups is 3. The molecule has 0 heterocycles. The zero-order chi connectivity index (χ0) is 34.8. The lowest BCUT2D eigenvalue weighted by atomic mass is 10.1. The highest BCUT2D eigenvalue weighted by Crippen LogP contribution is 2.24. The lowest BCUT2D eigenvalue weighted by molar-refractivity contribution is -0.144. The molecular weight excluding hydrogens is 604 g/mol. The van der Waals surface area contributed by atoms with Crippen LogP contribution in [0.5, 0.6) is 11.5 Å². The van der Waals surface area contributed by atoms with Gasteiger partial charge in [0.25, 0.3) is 0 Å². The highest BCUT2D eigenvalue weighted by Gasteiger charge is 2.07. The van der Waals surface area contributed by atoms with Crippen molar-refractivity contribution in [2.45, 2.75) is 181 Å². The van der Waals surface area contributed by atoms with E-state index >= 15 is 0 Å². The number of esters is 2. The molecule has 1 aromatic rings. The fourth-order valence-corrected chi connectivity index (χ4v) is 5.65. The monoisotopic (exact) mass is 675 g/mol. The summed E-state index contributed by atoms with van der Waals surface area (Å²) < 4.78 is 22.5. The molecule has 0 saturated carbocycles. The number of benzene rings is 1. The number of aldehydes is 1. The van der Waals surface area contributed by atoms with Crippen molar-refractivity contribution in [1.82, 2.24) is 0 Å². The highest BCUT2D eigenvalue weighted by atomic mass is 16.5. The van der Waals surface area contributed by atoms with Crippen LogP contribution in [-0.4, -0.2) is 44.7 Å². The van der Waals surface area contributed by atoms with E-state index in [4.69, 9.17) is 18.9 Å². The van der Waals surface area contributed by atoms with E-state index in [0.29, 0.717) is 56.3 Å². The molecule has 0 aromatic heterocycles. The molecule has 1 aromatic carbocycles. The van der Waals surface area contributed by atoms with Crippen LogP contribution in [0, 0.1) is 0 Å². The Kier molecular flexibility index (Phi) is 29.8. The molecular formula is C41H70O7. The maximum absolute atomic E-state index is 11.9. The van der Waals surface area contributed by atoms with E-state index in [1.807, 2.05) is 12.1 Å². The van der Waals surface area contributed by atoms with Crippen LogP contribution in [0.2, 0.25) is 0 Å². The summed E-state index contributed by atoms with van der Waals surface area (Å²) in [4.78, 5) is 35.4. The molecule has 7 nitrogen and oxygen atoms in total. The van der Waals surface area contributed by atoms with Gasteiger partial charge in [-0.05, 0) is 56.7 Å². The van der Waals surface area contributed by atoms with E-state index in [2.05, 4.69) is 13.8 Å². The largest absolute Gasteiger partial charge is 0.494 e. The fourth-order valence-electron chi connectivity index (χ4n) is 5.65. The number of unbranched alkanes of at least 4 members (excludes halogenated alkanes) is 20. The van der Waals surface area contributed by atoms with Crippen LogP contribution in [0.15, 0.2) is 18.2 Å². The van der Waals surface area contributed by atoms with Crippen molar-refractivity contribution in [3.05, 3.63) is 23.8 Å². The zero-order valence-corrected chi connectivity index (χ0v) is 30.9. The predicted molar refractivity (Wildman–Crippen MR) is 196 cm³/mol. The van der Waals surface area contributed by atoms with Crippen molar-refractivity contribution in [1.29, 1.82) is 0 Å². The Morgan fingerprint density at radius 2 is 0.896 bits per heavy atom. The second-order valence-electron chi connectivity index (χ2n) is 13.2.